The molecule has 0 radical (unpaired) electrons. The summed E-state index contributed by atoms with van der Waals surface area (Å²) in [6, 6.07) is 5.94. The maximum Gasteiger partial charge on any atom is 0.239 e. The van der Waals surface area contributed by atoms with Gasteiger partial charge in [0.15, 0.2) is 0 Å². The highest BCUT2D eigenvalue weighted by Crippen LogP contribution is 2.12. The molecule has 1 atom stereocenters. The van der Waals surface area contributed by atoms with Crippen LogP contribution in [0.15, 0.2) is 24.3 Å². The number of hydrogen-bond acceptors (Lipinski definition) is 4. The first-order valence-corrected chi connectivity index (χ1v) is 6.20. The quantitative estimate of drug-likeness (QED) is 0.724. The number of carbonyl (C=O) groups is 1. The summed E-state index contributed by atoms with van der Waals surface area (Å²) in [5, 5.41) is 18.9. The fraction of sp³-hybridized carbons (Fsp3) is 0.500. The van der Waals surface area contributed by atoms with E-state index >= 15 is 0 Å². The lowest BCUT2D eigenvalue weighted by Crippen LogP contribution is -2.47. The Hall–Kier alpha value is -1.59. The molecular formula is C14H22N2O3. The summed E-state index contributed by atoms with van der Waals surface area (Å²) in [6.45, 7) is 3.51. The number of phenols is 1. The Morgan fingerprint density at radius 2 is 1.89 bits per heavy atom. The number of phenolic OH excluding ortho intramolecular Hbond substituents is 1. The SMILES string of the molecule is CN(CC(C)(C)O)C(=O)[C@H](N)Cc1ccc(O)cc1. The molecule has 0 saturated heterocycles. The largest absolute Gasteiger partial charge is 0.508 e. The number of aromatic hydroxyl groups is 1. The molecule has 19 heavy (non-hydrogen) atoms. The van der Waals surface area contributed by atoms with Crippen LogP contribution in [-0.4, -0.2) is 46.3 Å². The standard InChI is InChI=1S/C14H22N2O3/c1-14(2,19)9-16(3)13(18)12(15)8-10-4-6-11(17)7-5-10/h4-7,12,17,19H,8-9,15H2,1-3H3/t12-/m1/s1. The maximum absolute atomic E-state index is 12.0. The molecule has 1 aromatic rings. The van der Waals surface area contributed by atoms with Crippen molar-refractivity contribution in [3.05, 3.63) is 29.8 Å². The van der Waals surface area contributed by atoms with Gasteiger partial charge in [0, 0.05) is 13.6 Å². The molecule has 0 heterocycles. The highest BCUT2D eigenvalue weighted by Gasteiger charge is 2.23. The van der Waals surface area contributed by atoms with E-state index in [1.165, 1.54) is 4.90 Å². The predicted molar refractivity (Wildman–Crippen MR) is 73.7 cm³/mol. The van der Waals surface area contributed by atoms with Crippen molar-refractivity contribution in [3.8, 4) is 5.75 Å². The smallest absolute Gasteiger partial charge is 0.239 e. The average molecular weight is 266 g/mol. The first-order valence-electron chi connectivity index (χ1n) is 6.20. The number of likely N-dealkylation sites (N-methyl/N-ethyl adjacent to an activating group) is 1. The zero-order valence-corrected chi connectivity index (χ0v) is 11.6. The van der Waals surface area contributed by atoms with Crippen molar-refractivity contribution < 1.29 is 15.0 Å². The molecule has 0 saturated carbocycles. The van der Waals surface area contributed by atoms with Gasteiger partial charge in [-0.15, -0.1) is 0 Å². The molecular weight excluding hydrogens is 244 g/mol. The van der Waals surface area contributed by atoms with Gasteiger partial charge in [0.25, 0.3) is 0 Å². The molecule has 5 heteroatoms. The van der Waals surface area contributed by atoms with E-state index in [0.717, 1.165) is 5.56 Å². The van der Waals surface area contributed by atoms with E-state index in [2.05, 4.69) is 0 Å². The molecule has 0 bridgehead atoms. The van der Waals surface area contributed by atoms with Crippen molar-refractivity contribution in [2.45, 2.75) is 31.9 Å². The summed E-state index contributed by atoms with van der Waals surface area (Å²) >= 11 is 0. The second-order valence-electron chi connectivity index (χ2n) is 5.48. The molecule has 1 aromatic carbocycles. The first-order chi connectivity index (χ1) is 8.69. The van der Waals surface area contributed by atoms with E-state index in [0.29, 0.717) is 6.42 Å². The van der Waals surface area contributed by atoms with Crippen LogP contribution in [0.5, 0.6) is 5.75 Å². The van der Waals surface area contributed by atoms with Crippen molar-refractivity contribution in [1.82, 2.24) is 4.90 Å². The summed E-state index contributed by atoms with van der Waals surface area (Å²) in [7, 11) is 1.62. The van der Waals surface area contributed by atoms with E-state index in [1.807, 2.05) is 0 Å². The third kappa shape index (κ3) is 5.28. The van der Waals surface area contributed by atoms with Crippen LogP contribution in [0.2, 0.25) is 0 Å². The van der Waals surface area contributed by atoms with Gasteiger partial charge in [0.1, 0.15) is 5.75 Å². The Balaban J connectivity index is 2.59. The molecule has 0 unspecified atom stereocenters. The zero-order valence-electron chi connectivity index (χ0n) is 11.6. The van der Waals surface area contributed by atoms with Gasteiger partial charge in [0.05, 0.1) is 11.6 Å². The Morgan fingerprint density at radius 1 is 1.37 bits per heavy atom. The molecule has 0 aliphatic heterocycles. The van der Waals surface area contributed by atoms with Gasteiger partial charge in [-0.2, -0.15) is 0 Å². The van der Waals surface area contributed by atoms with Crippen molar-refractivity contribution >= 4 is 5.91 Å². The molecule has 5 nitrogen and oxygen atoms in total. The van der Waals surface area contributed by atoms with Gasteiger partial charge in [-0.05, 0) is 38.0 Å². The zero-order chi connectivity index (χ0) is 14.6. The number of nitrogens with zero attached hydrogens (tertiary/aromatic N) is 1. The van der Waals surface area contributed by atoms with Crippen molar-refractivity contribution in [3.63, 3.8) is 0 Å². The Kier molecular flexibility index (Phi) is 4.91. The van der Waals surface area contributed by atoms with Gasteiger partial charge < -0.3 is 20.8 Å². The van der Waals surface area contributed by atoms with E-state index in [1.54, 1.807) is 45.2 Å². The Morgan fingerprint density at radius 3 is 2.37 bits per heavy atom. The normalized spacial score (nSPS) is 13.1. The molecule has 0 spiro atoms. The molecule has 0 fully saturated rings. The highest BCUT2D eigenvalue weighted by molar-refractivity contribution is 5.81. The lowest BCUT2D eigenvalue weighted by atomic mass is 10.0. The number of rotatable bonds is 5. The fourth-order valence-electron chi connectivity index (χ4n) is 1.91. The van der Waals surface area contributed by atoms with Crippen LogP contribution < -0.4 is 5.73 Å². The van der Waals surface area contributed by atoms with Crippen molar-refractivity contribution in [2.24, 2.45) is 5.73 Å². The topological polar surface area (TPSA) is 86.8 Å². The van der Waals surface area contributed by atoms with Gasteiger partial charge in [-0.25, -0.2) is 0 Å². The summed E-state index contributed by atoms with van der Waals surface area (Å²) < 4.78 is 0. The lowest BCUT2D eigenvalue weighted by molar-refractivity contribution is -0.133. The fourth-order valence-corrected chi connectivity index (χ4v) is 1.91. The Labute approximate surface area is 113 Å². The third-order valence-corrected chi connectivity index (χ3v) is 2.71. The summed E-state index contributed by atoms with van der Waals surface area (Å²) in [4.78, 5) is 13.5. The van der Waals surface area contributed by atoms with E-state index in [4.69, 9.17) is 5.73 Å². The van der Waals surface area contributed by atoms with Crippen LogP contribution in [-0.2, 0) is 11.2 Å². The van der Waals surface area contributed by atoms with Gasteiger partial charge in [-0.1, -0.05) is 12.1 Å². The van der Waals surface area contributed by atoms with Crippen molar-refractivity contribution in [1.29, 1.82) is 0 Å². The molecule has 106 valence electrons. The number of benzene rings is 1. The van der Waals surface area contributed by atoms with E-state index < -0.39 is 11.6 Å². The minimum absolute atomic E-state index is 0.183. The minimum atomic E-state index is -0.942. The molecule has 4 N–H and O–H groups in total. The second kappa shape index (κ2) is 6.04. The predicted octanol–water partition coefficient (Wildman–Crippen LogP) is 0.491. The molecule has 0 aliphatic rings. The molecule has 0 aliphatic carbocycles. The van der Waals surface area contributed by atoms with Crippen LogP contribution in [0, 0.1) is 0 Å². The number of hydrogen-bond donors (Lipinski definition) is 3. The monoisotopic (exact) mass is 266 g/mol. The minimum Gasteiger partial charge on any atom is -0.508 e. The lowest BCUT2D eigenvalue weighted by Gasteiger charge is -2.27. The molecule has 0 aromatic heterocycles. The van der Waals surface area contributed by atoms with Crippen LogP contribution in [0.4, 0.5) is 0 Å². The number of aliphatic hydroxyl groups is 1. The van der Waals surface area contributed by atoms with Crippen molar-refractivity contribution in [2.75, 3.05) is 13.6 Å². The van der Waals surface area contributed by atoms with Gasteiger partial charge in [0.2, 0.25) is 5.91 Å². The van der Waals surface area contributed by atoms with Gasteiger partial charge in [-0.3, -0.25) is 4.79 Å². The van der Waals surface area contributed by atoms with E-state index in [9.17, 15) is 15.0 Å². The number of carbonyl (C=O) groups excluding carboxylic acids is 1. The second-order valence-corrected chi connectivity index (χ2v) is 5.48. The first kappa shape index (κ1) is 15.5. The molecule has 1 rings (SSSR count). The molecule has 1 amide bonds. The maximum atomic E-state index is 12.0. The summed E-state index contributed by atoms with van der Waals surface area (Å²) in [6.07, 6.45) is 0.398. The summed E-state index contributed by atoms with van der Waals surface area (Å²) in [5.41, 5.74) is 5.81. The Bertz CT molecular complexity index is 423. The highest BCUT2D eigenvalue weighted by atomic mass is 16.3. The van der Waals surface area contributed by atoms with E-state index in [-0.39, 0.29) is 18.2 Å². The van der Waals surface area contributed by atoms with Crippen LogP contribution in [0.25, 0.3) is 0 Å². The van der Waals surface area contributed by atoms with Crippen LogP contribution >= 0.6 is 0 Å². The number of nitrogens with two attached hydrogens (primary N) is 1. The van der Waals surface area contributed by atoms with Gasteiger partial charge >= 0.3 is 0 Å². The number of amides is 1. The summed E-state index contributed by atoms with van der Waals surface area (Å²) in [5.74, 6) is -0.0296. The van der Waals surface area contributed by atoms with Crippen LogP contribution in [0.1, 0.15) is 19.4 Å². The average Bonchev–Trinajstić information content (AvgIpc) is 2.28. The third-order valence-electron chi connectivity index (χ3n) is 2.71. The van der Waals surface area contributed by atoms with Crippen LogP contribution in [0.3, 0.4) is 0 Å².